The zero-order valence-corrected chi connectivity index (χ0v) is 11.0. The number of methoxy groups -OCH3 is 2. The van der Waals surface area contributed by atoms with Crippen LogP contribution >= 0.6 is 0 Å². The number of hydrogen-bond acceptors (Lipinski definition) is 6. The number of nitrogens with zero attached hydrogens (tertiary/aromatic N) is 1. The Hall–Kier alpha value is -2.64. The monoisotopic (exact) mass is 282 g/mol. The summed E-state index contributed by atoms with van der Waals surface area (Å²) in [6.45, 7) is 0. The topological polar surface area (TPSA) is 115 Å². The molecule has 1 rings (SSSR count). The van der Waals surface area contributed by atoms with Crippen molar-refractivity contribution in [2.75, 3.05) is 14.2 Å². The summed E-state index contributed by atoms with van der Waals surface area (Å²) < 4.78 is 9.20. The average molecular weight is 282 g/mol. The highest BCUT2D eigenvalue weighted by Crippen LogP contribution is 2.07. The second kappa shape index (κ2) is 7.07. The summed E-state index contributed by atoms with van der Waals surface area (Å²) in [6, 6.07) is 1.53. The highest BCUT2D eigenvalue weighted by atomic mass is 16.5. The van der Waals surface area contributed by atoms with Crippen molar-refractivity contribution in [1.29, 1.82) is 0 Å². The third-order valence-corrected chi connectivity index (χ3v) is 2.41. The lowest BCUT2D eigenvalue weighted by Gasteiger charge is -2.13. The van der Waals surface area contributed by atoms with E-state index in [0.717, 1.165) is 7.11 Å². The van der Waals surface area contributed by atoms with Gasteiger partial charge in [0, 0.05) is 12.3 Å². The van der Waals surface area contributed by atoms with Gasteiger partial charge in [-0.25, -0.2) is 9.78 Å². The van der Waals surface area contributed by atoms with Gasteiger partial charge in [0.05, 0.1) is 26.2 Å². The van der Waals surface area contributed by atoms with E-state index >= 15 is 0 Å². The predicted molar refractivity (Wildman–Crippen MR) is 66.3 cm³/mol. The van der Waals surface area contributed by atoms with E-state index in [2.05, 4.69) is 15.0 Å². The van der Waals surface area contributed by atoms with E-state index < -0.39 is 30.3 Å². The first-order valence-corrected chi connectivity index (χ1v) is 5.58. The van der Waals surface area contributed by atoms with Gasteiger partial charge < -0.3 is 19.9 Å². The van der Waals surface area contributed by atoms with Crippen LogP contribution in [-0.4, -0.2) is 48.2 Å². The number of esters is 1. The third kappa shape index (κ3) is 4.23. The summed E-state index contributed by atoms with van der Waals surface area (Å²) in [5.74, 6) is -2.39. The van der Waals surface area contributed by atoms with Crippen LogP contribution in [0.25, 0.3) is 0 Å². The van der Waals surface area contributed by atoms with Gasteiger partial charge in [-0.3, -0.25) is 9.59 Å². The van der Waals surface area contributed by atoms with Crippen molar-refractivity contribution in [3.63, 3.8) is 0 Å². The minimum Gasteiger partial charge on any atom is -0.481 e. The number of ether oxygens (including phenoxy) is 2. The number of rotatable bonds is 6. The largest absolute Gasteiger partial charge is 0.481 e. The zero-order valence-electron chi connectivity index (χ0n) is 11.0. The van der Waals surface area contributed by atoms with E-state index in [1.165, 1.54) is 25.4 Å². The molecule has 0 aliphatic rings. The summed E-state index contributed by atoms with van der Waals surface area (Å²) in [6.07, 6.45) is 0.784. The van der Waals surface area contributed by atoms with Crippen LogP contribution in [0.15, 0.2) is 18.3 Å². The summed E-state index contributed by atoms with van der Waals surface area (Å²) in [5.41, 5.74) is 0.155. The average Bonchev–Trinajstić information content (AvgIpc) is 2.46. The molecule has 0 bridgehead atoms. The van der Waals surface area contributed by atoms with Gasteiger partial charge >= 0.3 is 11.9 Å². The maximum atomic E-state index is 11.8. The van der Waals surface area contributed by atoms with Crippen LogP contribution in [0.5, 0.6) is 5.88 Å². The van der Waals surface area contributed by atoms with Gasteiger partial charge in [0.25, 0.3) is 5.91 Å². The van der Waals surface area contributed by atoms with Crippen LogP contribution in [0.3, 0.4) is 0 Å². The summed E-state index contributed by atoms with van der Waals surface area (Å²) in [5, 5.41) is 11.2. The Morgan fingerprint density at radius 2 is 2.05 bits per heavy atom. The van der Waals surface area contributed by atoms with Crippen molar-refractivity contribution in [2.24, 2.45) is 0 Å². The highest BCUT2D eigenvalue weighted by Gasteiger charge is 2.24. The summed E-state index contributed by atoms with van der Waals surface area (Å²) in [4.78, 5) is 37.7. The van der Waals surface area contributed by atoms with Crippen molar-refractivity contribution in [3.05, 3.63) is 23.9 Å². The van der Waals surface area contributed by atoms with Crippen LogP contribution in [0.4, 0.5) is 0 Å². The Bertz CT molecular complexity index is 499. The molecule has 1 amide bonds. The second-order valence-electron chi connectivity index (χ2n) is 3.73. The lowest BCUT2D eigenvalue weighted by atomic mass is 10.2. The Morgan fingerprint density at radius 3 is 2.50 bits per heavy atom. The SMILES string of the molecule is COC(=O)C[C@H](NC(=O)c1ccc(OC)nc1)C(=O)O. The number of aromatic nitrogens is 1. The van der Waals surface area contributed by atoms with Crippen LogP contribution in [0, 0.1) is 0 Å². The third-order valence-electron chi connectivity index (χ3n) is 2.41. The summed E-state index contributed by atoms with van der Waals surface area (Å²) in [7, 11) is 2.56. The molecule has 1 aromatic rings. The molecule has 8 nitrogen and oxygen atoms in total. The number of carbonyl (C=O) groups excluding carboxylic acids is 2. The quantitative estimate of drug-likeness (QED) is 0.696. The zero-order chi connectivity index (χ0) is 15.1. The first-order chi connectivity index (χ1) is 9.47. The van der Waals surface area contributed by atoms with Gasteiger partial charge in [-0.05, 0) is 6.07 Å². The van der Waals surface area contributed by atoms with Crippen molar-refractivity contribution >= 4 is 17.8 Å². The number of hydrogen-bond donors (Lipinski definition) is 2. The summed E-state index contributed by atoms with van der Waals surface area (Å²) >= 11 is 0. The van der Waals surface area contributed by atoms with Gasteiger partial charge in [-0.15, -0.1) is 0 Å². The molecule has 1 aromatic heterocycles. The van der Waals surface area contributed by atoms with E-state index in [4.69, 9.17) is 9.84 Å². The van der Waals surface area contributed by atoms with Gasteiger partial charge in [0.2, 0.25) is 5.88 Å². The molecule has 0 aliphatic carbocycles. The molecule has 20 heavy (non-hydrogen) atoms. The first kappa shape index (κ1) is 15.4. The minimum atomic E-state index is -1.36. The number of aliphatic carboxylic acids is 1. The second-order valence-corrected chi connectivity index (χ2v) is 3.73. The molecule has 0 saturated carbocycles. The Balaban J connectivity index is 2.74. The first-order valence-electron chi connectivity index (χ1n) is 5.58. The number of amides is 1. The van der Waals surface area contributed by atoms with E-state index in [1.807, 2.05) is 0 Å². The van der Waals surface area contributed by atoms with Gasteiger partial charge in [-0.2, -0.15) is 0 Å². The molecule has 0 aliphatic heterocycles. The van der Waals surface area contributed by atoms with E-state index in [-0.39, 0.29) is 5.56 Å². The molecule has 1 atom stereocenters. The highest BCUT2D eigenvalue weighted by molar-refractivity contribution is 5.97. The maximum Gasteiger partial charge on any atom is 0.326 e. The number of carboxylic acid groups (broad SMARTS) is 1. The fraction of sp³-hybridized carbons (Fsp3) is 0.333. The Kier molecular flexibility index (Phi) is 5.45. The number of nitrogens with one attached hydrogen (secondary N) is 1. The fourth-order valence-corrected chi connectivity index (χ4v) is 1.33. The molecule has 0 saturated heterocycles. The van der Waals surface area contributed by atoms with Crippen LogP contribution < -0.4 is 10.1 Å². The molecule has 1 heterocycles. The van der Waals surface area contributed by atoms with Crippen LogP contribution in [-0.2, 0) is 14.3 Å². The number of carbonyl (C=O) groups is 3. The van der Waals surface area contributed by atoms with Crippen LogP contribution in [0.1, 0.15) is 16.8 Å². The van der Waals surface area contributed by atoms with Crippen molar-refractivity contribution in [1.82, 2.24) is 10.3 Å². The molecule has 0 fully saturated rings. The van der Waals surface area contributed by atoms with Crippen molar-refractivity contribution in [2.45, 2.75) is 12.5 Å². The van der Waals surface area contributed by atoms with Crippen molar-refractivity contribution < 1.29 is 29.0 Å². The number of carboxylic acids is 1. The normalized spacial score (nSPS) is 11.3. The molecule has 0 unspecified atom stereocenters. The molecule has 0 radical (unpaired) electrons. The van der Waals surface area contributed by atoms with Gasteiger partial charge in [-0.1, -0.05) is 0 Å². The molecule has 108 valence electrons. The minimum absolute atomic E-state index is 0.155. The maximum absolute atomic E-state index is 11.8. The van der Waals surface area contributed by atoms with E-state index in [9.17, 15) is 14.4 Å². The predicted octanol–water partition coefficient (Wildman–Crippen LogP) is -0.164. The smallest absolute Gasteiger partial charge is 0.326 e. The molecular formula is C12H14N2O6. The van der Waals surface area contributed by atoms with Crippen molar-refractivity contribution in [3.8, 4) is 5.88 Å². The lowest BCUT2D eigenvalue weighted by molar-refractivity contribution is -0.147. The van der Waals surface area contributed by atoms with Gasteiger partial charge in [0.15, 0.2) is 0 Å². The molecule has 8 heteroatoms. The Labute approximate surface area is 114 Å². The molecule has 0 spiro atoms. The molecular weight excluding hydrogens is 268 g/mol. The van der Waals surface area contributed by atoms with E-state index in [0.29, 0.717) is 5.88 Å². The standard InChI is InChI=1S/C12H14N2O6/c1-19-9-4-3-7(6-13-9)11(16)14-8(12(17)18)5-10(15)20-2/h3-4,6,8H,5H2,1-2H3,(H,14,16)(H,17,18)/t8-/m0/s1. The van der Waals surface area contributed by atoms with E-state index in [1.54, 1.807) is 0 Å². The lowest BCUT2D eigenvalue weighted by Crippen LogP contribution is -2.42. The fourth-order valence-electron chi connectivity index (χ4n) is 1.33. The molecule has 0 aromatic carbocycles. The van der Waals surface area contributed by atoms with Crippen LogP contribution in [0.2, 0.25) is 0 Å². The molecule has 2 N–H and O–H groups in total. The van der Waals surface area contributed by atoms with Gasteiger partial charge in [0.1, 0.15) is 6.04 Å². The number of pyridine rings is 1. The Morgan fingerprint density at radius 1 is 1.35 bits per heavy atom.